The zero-order valence-corrected chi connectivity index (χ0v) is 18.1. The first-order valence-electron chi connectivity index (χ1n) is 11.0. The van der Waals surface area contributed by atoms with Crippen LogP contribution < -0.4 is 14.2 Å². The van der Waals surface area contributed by atoms with Gasteiger partial charge in [-0.3, -0.25) is 4.79 Å². The van der Waals surface area contributed by atoms with Gasteiger partial charge in [0.2, 0.25) is 0 Å². The van der Waals surface area contributed by atoms with Gasteiger partial charge in [0.25, 0.3) is 0 Å². The van der Waals surface area contributed by atoms with Crippen LogP contribution in [0, 0.1) is 0 Å². The molecular formula is C25H29NO5. The molecule has 1 N–H and O–H groups in total. The smallest absolute Gasteiger partial charge is 0.303 e. The van der Waals surface area contributed by atoms with Crippen LogP contribution in [-0.2, 0) is 17.8 Å². The summed E-state index contributed by atoms with van der Waals surface area (Å²) in [6.45, 7) is 5.48. The second-order valence-corrected chi connectivity index (χ2v) is 7.83. The molecule has 3 aromatic rings. The minimum atomic E-state index is -0.737. The topological polar surface area (TPSA) is 69.4 Å². The molecule has 0 saturated carbocycles. The van der Waals surface area contributed by atoms with Crippen LogP contribution in [0.1, 0.15) is 55.8 Å². The zero-order valence-electron chi connectivity index (χ0n) is 18.1. The molecule has 1 aromatic carbocycles. The number of hydrogen-bond donors (Lipinski definition) is 1. The predicted octanol–water partition coefficient (Wildman–Crippen LogP) is 5.21. The summed E-state index contributed by atoms with van der Waals surface area (Å²) in [5.41, 5.74) is 4.44. The first-order chi connectivity index (χ1) is 15.1. The average molecular weight is 424 g/mol. The molecule has 0 aliphatic heterocycles. The molecule has 0 radical (unpaired) electrons. The van der Waals surface area contributed by atoms with Gasteiger partial charge in [-0.2, -0.15) is 0 Å². The van der Waals surface area contributed by atoms with Crippen LogP contribution in [0.2, 0.25) is 0 Å². The molecule has 1 unspecified atom stereocenters. The maximum atomic E-state index is 11.2. The molecule has 1 aliphatic rings. The van der Waals surface area contributed by atoms with Crippen molar-refractivity contribution in [1.29, 1.82) is 0 Å². The van der Waals surface area contributed by atoms with E-state index in [1.165, 1.54) is 11.3 Å². The van der Waals surface area contributed by atoms with Crippen molar-refractivity contribution in [1.82, 2.24) is 4.40 Å². The Balaban J connectivity index is 1.52. The normalized spacial score (nSPS) is 15.5. The number of fused-ring (bicyclic) bond motifs is 3. The lowest BCUT2D eigenvalue weighted by molar-refractivity contribution is -0.137. The van der Waals surface area contributed by atoms with Crippen LogP contribution >= 0.6 is 0 Å². The van der Waals surface area contributed by atoms with Gasteiger partial charge >= 0.3 is 5.97 Å². The highest BCUT2D eigenvalue weighted by molar-refractivity contribution is 5.69. The van der Waals surface area contributed by atoms with E-state index in [-0.39, 0.29) is 12.3 Å². The Bertz CT molecular complexity index is 1070. The summed E-state index contributed by atoms with van der Waals surface area (Å²) in [5, 5.41) is 9.25. The molecule has 6 heteroatoms. The van der Waals surface area contributed by atoms with Gasteiger partial charge in [-0.15, -0.1) is 0 Å². The Hall–Kier alpha value is -3.15. The van der Waals surface area contributed by atoms with Crippen molar-refractivity contribution < 1.29 is 24.1 Å². The largest absolute Gasteiger partial charge is 0.490 e. The lowest BCUT2D eigenvalue weighted by Gasteiger charge is -2.21. The van der Waals surface area contributed by atoms with Gasteiger partial charge in [0.15, 0.2) is 11.5 Å². The highest BCUT2D eigenvalue weighted by Gasteiger charge is 2.25. The molecule has 2 aromatic heterocycles. The number of carboxylic acids is 1. The van der Waals surface area contributed by atoms with Crippen LogP contribution in [0.3, 0.4) is 0 Å². The molecule has 4 rings (SSSR count). The standard InChI is InChI=1S/C25H29NO5/c1-3-29-23-9-8-17(12-24(23)30-4-2)16-31-20-10-11-26-19(14-20)15-21-18(13-25(27)28)6-5-7-22(21)26/h8-12,14-15,18H,3-7,13,16H2,1-2H3,(H,27,28). The van der Waals surface area contributed by atoms with Crippen LogP contribution in [0.5, 0.6) is 17.2 Å². The maximum absolute atomic E-state index is 11.2. The molecule has 0 saturated heterocycles. The SMILES string of the molecule is CCOc1ccc(COc2ccn3c4c(cc3c2)C(CC(=O)O)CCC4)cc1OCC. The summed E-state index contributed by atoms with van der Waals surface area (Å²) in [6, 6.07) is 12.0. The molecule has 0 fully saturated rings. The third-order valence-corrected chi connectivity index (χ3v) is 5.72. The Labute approximate surface area is 182 Å². The van der Waals surface area contributed by atoms with Crippen LogP contribution in [0.15, 0.2) is 42.6 Å². The van der Waals surface area contributed by atoms with Crippen molar-refractivity contribution in [3.63, 3.8) is 0 Å². The third kappa shape index (κ3) is 4.63. The fraction of sp³-hybridized carbons (Fsp3) is 0.400. The van der Waals surface area contributed by atoms with Gasteiger partial charge < -0.3 is 23.7 Å². The molecule has 2 heterocycles. The molecular weight excluding hydrogens is 394 g/mol. The number of aliphatic carboxylic acids is 1. The van der Waals surface area contributed by atoms with Crippen molar-refractivity contribution in [3.05, 3.63) is 59.4 Å². The van der Waals surface area contributed by atoms with E-state index < -0.39 is 5.97 Å². The van der Waals surface area contributed by atoms with Gasteiger partial charge in [0, 0.05) is 23.5 Å². The summed E-state index contributed by atoms with van der Waals surface area (Å²) < 4.78 is 19.5. The average Bonchev–Trinajstić information content (AvgIpc) is 3.13. The van der Waals surface area contributed by atoms with Crippen molar-refractivity contribution in [3.8, 4) is 17.2 Å². The molecule has 1 aliphatic carbocycles. The highest BCUT2D eigenvalue weighted by Crippen LogP contribution is 2.37. The van der Waals surface area contributed by atoms with Gasteiger partial charge in [-0.05, 0) is 74.4 Å². The highest BCUT2D eigenvalue weighted by atomic mass is 16.5. The number of aromatic nitrogens is 1. The Morgan fingerprint density at radius 3 is 2.65 bits per heavy atom. The monoisotopic (exact) mass is 423 g/mol. The fourth-order valence-electron chi connectivity index (χ4n) is 4.39. The van der Waals surface area contributed by atoms with Crippen LogP contribution in [0.25, 0.3) is 5.52 Å². The van der Waals surface area contributed by atoms with E-state index in [1.807, 2.05) is 50.4 Å². The number of hydrogen-bond acceptors (Lipinski definition) is 4. The molecule has 0 bridgehead atoms. The zero-order chi connectivity index (χ0) is 21.8. The van der Waals surface area contributed by atoms with E-state index in [4.69, 9.17) is 14.2 Å². The Kier molecular flexibility index (Phi) is 6.35. The minimum absolute atomic E-state index is 0.0892. The van der Waals surface area contributed by atoms with Crippen molar-refractivity contribution in [2.45, 2.75) is 52.1 Å². The number of pyridine rings is 1. The predicted molar refractivity (Wildman–Crippen MR) is 118 cm³/mol. The van der Waals surface area contributed by atoms with Gasteiger partial charge in [0.1, 0.15) is 12.4 Å². The fourth-order valence-corrected chi connectivity index (χ4v) is 4.39. The number of nitrogens with zero attached hydrogens (tertiary/aromatic N) is 1. The molecule has 0 amide bonds. The Morgan fingerprint density at radius 2 is 1.87 bits per heavy atom. The molecule has 1 atom stereocenters. The number of ether oxygens (including phenoxy) is 3. The third-order valence-electron chi connectivity index (χ3n) is 5.72. The summed E-state index contributed by atoms with van der Waals surface area (Å²) in [4.78, 5) is 11.2. The molecule has 164 valence electrons. The number of benzene rings is 1. The van der Waals surface area contributed by atoms with E-state index in [2.05, 4.69) is 10.5 Å². The number of rotatable bonds is 9. The van der Waals surface area contributed by atoms with E-state index in [0.717, 1.165) is 47.6 Å². The number of aryl methyl sites for hydroxylation is 1. The number of carboxylic acid groups (broad SMARTS) is 1. The van der Waals surface area contributed by atoms with E-state index in [1.54, 1.807) is 0 Å². The second-order valence-electron chi connectivity index (χ2n) is 7.83. The summed E-state index contributed by atoms with van der Waals surface area (Å²) in [5.74, 6) is 1.60. The van der Waals surface area contributed by atoms with Crippen LogP contribution in [0.4, 0.5) is 0 Å². The quantitative estimate of drug-likeness (QED) is 0.512. The molecule has 31 heavy (non-hydrogen) atoms. The van der Waals surface area contributed by atoms with Crippen LogP contribution in [-0.4, -0.2) is 28.7 Å². The second kappa shape index (κ2) is 9.33. The minimum Gasteiger partial charge on any atom is -0.490 e. The van der Waals surface area contributed by atoms with E-state index >= 15 is 0 Å². The Morgan fingerprint density at radius 1 is 1.06 bits per heavy atom. The van der Waals surface area contributed by atoms with Gasteiger partial charge in [-0.25, -0.2) is 0 Å². The lowest BCUT2D eigenvalue weighted by atomic mass is 9.85. The van der Waals surface area contributed by atoms with Crippen molar-refractivity contribution in [2.24, 2.45) is 0 Å². The summed E-state index contributed by atoms with van der Waals surface area (Å²) in [6.07, 6.45) is 5.14. The van der Waals surface area contributed by atoms with Crippen molar-refractivity contribution >= 4 is 11.5 Å². The lowest BCUT2D eigenvalue weighted by Crippen LogP contribution is -2.13. The first kappa shape index (κ1) is 21.1. The van der Waals surface area contributed by atoms with E-state index in [9.17, 15) is 9.90 Å². The first-order valence-corrected chi connectivity index (χ1v) is 11.0. The molecule has 6 nitrogen and oxygen atoms in total. The molecule has 0 spiro atoms. The number of carbonyl (C=O) groups is 1. The summed E-state index contributed by atoms with van der Waals surface area (Å²) >= 11 is 0. The summed E-state index contributed by atoms with van der Waals surface area (Å²) in [7, 11) is 0. The van der Waals surface area contributed by atoms with Gasteiger partial charge in [-0.1, -0.05) is 6.07 Å². The van der Waals surface area contributed by atoms with E-state index in [0.29, 0.717) is 19.8 Å². The van der Waals surface area contributed by atoms with Gasteiger partial charge in [0.05, 0.1) is 19.6 Å². The maximum Gasteiger partial charge on any atom is 0.303 e. The van der Waals surface area contributed by atoms with Crippen molar-refractivity contribution in [2.75, 3.05) is 13.2 Å².